The van der Waals surface area contributed by atoms with E-state index in [2.05, 4.69) is 42.6 Å². The van der Waals surface area contributed by atoms with E-state index in [1.54, 1.807) is 13.3 Å². The van der Waals surface area contributed by atoms with E-state index >= 15 is 0 Å². The van der Waals surface area contributed by atoms with Gasteiger partial charge in [-0.15, -0.1) is 0 Å². The molecule has 20 heavy (non-hydrogen) atoms. The van der Waals surface area contributed by atoms with Crippen LogP contribution in [0.2, 0.25) is 0 Å². The molecule has 1 atom stereocenters. The van der Waals surface area contributed by atoms with E-state index in [0.29, 0.717) is 0 Å². The van der Waals surface area contributed by atoms with Gasteiger partial charge in [-0.1, -0.05) is 36.8 Å². The topological polar surface area (TPSA) is 65.1 Å². The van der Waals surface area contributed by atoms with Gasteiger partial charge in [-0.05, 0) is 18.9 Å². The van der Waals surface area contributed by atoms with E-state index in [9.17, 15) is 0 Å². The minimum atomic E-state index is -0.140. The van der Waals surface area contributed by atoms with Gasteiger partial charge in [0, 0.05) is 6.54 Å². The predicted octanol–water partition coefficient (Wildman–Crippen LogP) is 2.16. The molecule has 0 fully saturated rings. The van der Waals surface area contributed by atoms with Crippen LogP contribution in [0.4, 0.5) is 0 Å². The molecule has 0 aliphatic carbocycles. The van der Waals surface area contributed by atoms with Crippen molar-refractivity contribution in [3.8, 4) is 5.75 Å². The summed E-state index contributed by atoms with van der Waals surface area (Å²) < 4.78 is 7.38. The molecule has 0 radical (unpaired) electrons. The zero-order valence-electron chi connectivity index (χ0n) is 12.3. The molecular formula is C15H22N4O. The van der Waals surface area contributed by atoms with Crippen LogP contribution in [-0.4, -0.2) is 16.9 Å². The molecule has 1 aromatic heterocycles. The molecule has 0 bridgehead atoms. The Kier molecular flexibility index (Phi) is 4.76. The number of aromatic nitrogens is 2. The molecule has 0 aliphatic rings. The third-order valence-electron chi connectivity index (χ3n) is 3.32. The lowest BCUT2D eigenvalue weighted by Crippen LogP contribution is -2.31. The first-order valence-corrected chi connectivity index (χ1v) is 6.83. The van der Waals surface area contributed by atoms with Gasteiger partial charge >= 0.3 is 0 Å². The van der Waals surface area contributed by atoms with Crippen LogP contribution in [0.3, 0.4) is 0 Å². The largest absolute Gasteiger partial charge is 0.493 e. The molecule has 0 amide bonds. The maximum Gasteiger partial charge on any atom is 0.161 e. The van der Waals surface area contributed by atoms with Gasteiger partial charge in [0.05, 0.1) is 19.3 Å². The van der Waals surface area contributed by atoms with Crippen LogP contribution in [-0.2, 0) is 6.54 Å². The van der Waals surface area contributed by atoms with Crippen LogP contribution in [0.1, 0.15) is 36.2 Å². The van der Waals surface area contributed by atoms with Crippen molar-refractivity contribution in [2.45, 2.75) is 32.9 Å². The summed E-state index contributed by atoms with van der Waals surface area (Å²) in [5.74, 6) is 6.54. The lowest BCUT2D eigenvalue weighted by atomic mass is 10.0. The molecule has 5 heteroatoms. The fraction of sp³-hybridized carbons (Fsp3) is 0.400. The molecule has 0 aliphatic heterocycles. The SMILES string of the molecule is CCCn1ncc(OC)c1C(NN)c1cccc(C)c1. The summed E-state index contributed by atoms with van der Waals surface area (Å²) in [4.78, 5) is 0. The van der Waals surface area contributed by atoms with E-state index in [4.69, 9.17) is 10.6 Å². The van der Waals surface area contributed by atoms with Gasteiger partial charge in [0.1, 0.15) is 5.69 Å². The second-order valence-electron chi connectivity index (χ2n) is 4.84. The summed E-state index contributed by atoms with van der Waals surface area (Å²) in [7, 11) is 1.65. The van der Waals surface area contributed by atoms with Gasteiger partial charge in [0.2, 0.25) is 0 Å². The summed E-state index contributed by atoms with van der Waals surface area (Å²) in [6.45, 7) is 5.02. The van der Waals surface area contributed by atoms with Crippen molar-refractivity contribution in [2.75, 3.05) is 7.11 Å². The van der Waals surface area contributed by atoms with E-state index in [0.717, 1.165) is 30.0 Å². The quantitative estimate of drug-likeness (QED) is 0.626. The number of hydrazine groups is 1. The summed E-state index contributed by atoms with van der Waals surface area (Å²) in [5, 5.41) is 4.39. The van der Waals surface area contributed by atoms with Gasteiger partial charge in [-0.2, -0.15) is 5.10 Å². The van der Waals surface area contributed by atoms with Crippen LogP contribution in [0.15, 0.2) is 30.5 Å². The number of rotatable bonds is 6. The summed E-state index contributed by atoms with van der Waals surface area (Å²) >= 11 is 0. The maximum absolute atomic E-state index is 5.79. The van der Waals surface area contributed by atoms with Gasteiger partial charge in [0.25, 0.3) is 0 Å². The maximum atomic E-state index is 5.79. The molecule has 5 nitrogen and oxygen atoms in total. The summed E-state index contributed by atoms with van der Waals surface area (Å²) in [5.41, 5.74) is 6.14. The Morgan fingerprint density at radius 1 is 1.45 bits per heavy atom. The number of nitrogens with one attached hydrogen (secondary N) is 1. The predicted molar refractivity (Wildman–Crippen MR) is 79.4 cm³/mol. The van der Waals surface area contributed by atoms with E-state index in [-0.39, 0.29) is 6.04 Å². The van der Waals surface area contributed by atoms with Crippen LogP contribution in [0, 0.1) is 6.92 Å². The van der Waals surface area contributed by atoms with Crippen LogP contribution < -0.4 is 16.0 Å². The number of methoxy groups -OCH3 is 1. The normalized spacial score (nSPS) is 12.4. The van der Waals surface area contributed by atoms with Crippen molar-refractivity contribution in [1.29, 1.82) is 0 Å². The Morgan fingerprint density at radius 2 is 2.25 bits per heavy atom. The number of nitrogens with zero attached hydrogens (tertiary/aromatic N) is 2. The number of aryl methyl sites for hydroxylation is 2. The van der Waals surface area contributed by atoms with Crippen LogP contribution in [0.5, 0.6) is 5.75 Å². The highest BCUT2D eigenvalue weighted by Crippen LogP contribution is 2.30. The van der Waals surface area contributed by atoms with Crippen molar-refractivity contribution >= 4 is 0 Å². The van der Waals surface area contributed by atoms with Crippen molar-refractivity contribution in [2.24, 2.45) is 5.84 Å². The van der Waals surface area contributed by atoms with Crippen molar-refractivity contribution in [1.82, 2.24) is 15.2 Å². The molecular weight excluding hydrogens is 252 g/mol. The minimum Gasteiger partial charge on any atom is -0.493 e. The van der Waals surface area contributed by atoms with Crippen molar-refractivity contribution in [3.05, 3.63) is 47.3 Å². The number of hydrogen-bond donors (Lipinski definition) is 2. The van der Waals surface area contributed by atoms with Gasteiger partial charge in [-0.25, -0.2) is 5.43 Å². The number of nitrogens with two attached hydrogens (primary N) is 1. The standard InChI is InChI=1S/C15H22N4O/c1-4-8-19-15(13(20-3)10-17-19)14(18-16)12-7-5-6-11(2)9-12/h5-7,9-10,14,18H,4,8,16H2,1-3H3. The number of ether oxygens (including phenoxy) is 1. The average molecular weight is 274 g/mol. The zero-order chi connectivity index (χ0) is 14.5. The lowest BCUT2D eigenvalue weighted by molar-refractivity contribution is 0.398. The molecule has 1 aromatic carbocycles. The molecule has 0 saturated carbocycles. The molecule has 3 N–H and O–H groups in total. The van der Waals surface area contributed by atoms with E-state index in [1.165, 1.54) is 5.56 Å². The Morgan fingerprint density at radius 3 is 2.85 bits per heavy atom. The number of benzene rings is 1. The van der Waals surface area contributed by atoms with Gasteiger partial charge in [0.15, 0.2) is 5.75 Å². The van der Waals surface area contributed by atoms with Crippen molar-refractivity contribution in [3.63, 3.8) is 0 Å². The third kappa shape index (κ3) is 2.84. The first kappa shape index (κ1) is 14.6. The minimum absolute atomic E-state index is 0.140. The summed E-state index contributed by atoms with van der Waals surface area (Å²) in [6.07, 6.45) is 2.74. The molecule has 1 unspecified atom stereocenters. The van der Waals surface area contributed by atoms with Gasteiger partial charge < -0.3 is 4.74 Å². The molecule has 2 aromatic rings. The highest BCUT2D eigenvalue weighted by Gasteiger charge is 2.22. The molecule has 1 heterocycles. The first-order valence-electron chi connectivity index (χ1n) is 6.83. The number of hydrogen-bond acceptors (Lipinski definition) is 4. The molecule has 0 saturated heterocycles. The average Bonchev–Trinajstić information content (AvgIpc) is 2.84. The zero-order valence-corrected chi connectivity index (χ0v) is 12.3. The molecule has 108 valence electrons. The smallest absolute Gasteiger partial charge is 0.161 e. The summed E-state index contributed by atoms with van der Waals surface area (Å²) in [6, 6.07) is 8.13. The van der Waals surface area contributed by atoms with E-state index in [1.807, 2.05) is 10.7 Å². The molecule has 0 spiro atoms. The van der Waals surface area contributed by atoms with Crippen molar-refractivity contribution < 1.29 is 4.74 Å². The van der Waals surface area contributed by atoms with Crippen LogP contribution >= 0.6 is 0 Å². The highest BCUT2D eigenvalue weighted by molar-refractivity contribution is 5.37. The molecule has 2 rings (SSSR count). The Hall–Kier alpha value is -1.85. The second-order valence-corrected chi connectivity index (χ2v) is 4.84. The first-order chi connectivity index (χ1) is 9.71. The van der Waals surface area contributed by atoms with E-state index < -0.39 is 0 Å². The third-order valence-corrected chi connectivity index (χ3v) is 3.32. The monoisotopic (exact) mass is 274 g/mol. The second kappa shape index (κ2) is 6.54. The Bertz CT molecular complexity index is 565. The highest BCUT2D eigenvalue weighted by atomic mass is 16.5. The van der Waals surface area contributed by atoms with Gasteiger partial charge in [-0.3, -0.25) is 10.5 Å². The fourth-order valence-electron chi connectivity index (χ4n) is 2.40. The lowest BCUT2D eigenvalue weighted by Gasteiger charge is -2.19. The fourth-order valence-corrected chi connectivity index (χ4v) is 2.40. The van der Waals surface area contributed by atoms with Crippen LogP contribution in [0.25, 0.3) is 0 Å². The Labute approximate surface area is 119 Å². The Balaban J connectivity index is 2.48.